The first kappa shape index (κ1) is 13.7. The highest BCUT2D eigenvalue weighted by Crippen LogP contribution is 2.25. The zero-order valence-corrected chi connectivity index (χ0v) is 11.9. The molecule has 1 saturated carbocycles. The van der Waals surface area contributed by atoms with E-state index in [2.05, 4.69) is 12.2 Å². The number of benzene rings is 1. The molecule has 2 atom stereocenters. The summed E-state index contributed by atoms with van der Waals surface area (Å²) in [7, 11) is 0. The van der Waals surface area contributed by atoms with Gasteiger partial charge in [0.15, 0.2) is 0 Å². The molecular formula is C14H17Cl2NO. The minimum atomic E-state index is -0.101. The molecule has 0 aromatic heterocycles. The summed E-state index contributed by atoms with van der Waals surface area (Å²) in [5.41, 5.74) is 0.499. The summed E-state index contributed by atoms with van der Waals surface area (Å²) in [6, 6.07) is 5.22. The molecule has 2 unspecified atom stereocenters. The van der Waals surface area contributed by atoms with Gasteiger partial charge >= 0.3 is 0 Å². The van der Waals surface area contributed by atoms with E-state index in [1.54, 1.807) is 18.2 Å². The predicted octanol–water partition coefficient (Wildman–Crippen LogP) is 4.30. The quantitative estimate of drug-likeness (QED) is 0.862. The second kappa shape index (κ2) is 5.94. The van der Waals surface area contributed by atoms with Gasteiger partial charge in [0.25, 0.3) is 5.91 Å². The number of amides is 1. The molecular weight excluding hydrogens is 269 g/mol. The van der Waals surface area contributed by atoms with Crippen molar-refractivity contribution >= 4 is 29.1 Å². The number of carbonyl (C=O) groups is 1. The zero-order valence-electron chi connectivity index (χ0n) is 10.4. The van der Waals surface area contributed by atoms with E-state index in [4.69, 9.17) is 23.2 Å². The van der Waals surface area contributed by atoms with Gasteiger partial charge in [0.2, 0.25) is 0 Å². The summed E-state index contributed by atoms with van der Waals surface area (Å²) in [4.78, 5) is 12.2. The Bertz CT molecular complexity index is 447. The number of hydrogen-bond acceptors (Lipinski definition) is 1. The summed E-state index contributed by atoms with van der Waals surface area (Å²) in [5, 5.41) is 4.03. The maximum atomic E-state index is 12.2. The summed E-state index contributed by atoms with van der Waals surface area (Å²) in [5.74, 6) is 0.434. The van der Waals surface area contributed by atoms with Crippen molar-refractivity contribution in [1.82, 2.24) is 5.32 Å². The molecule has 0 bridgehead atoms. The van der Waals surface area contributed by atoms with E-state index in [0.29, 0.717) is 21.5 Å². The van der Waals surface area contributed by atoms with E-state index in [-0.39, 0.29) is 11.9 Å². The fourth-order valence-corrected chi connectivity index (χ4v) is 2.94. The largest absolute Gasteiger partial charge is 0.349 e. The van der Waals surface area contributed by atoms with Crippen molar-refractivity contribution in [2.45, 2.75) is 38.6 Å². The average Bonchev–Trinajstić information content (AvgIpc) is 2.32. The lowest BCUT2D eigenvalue weighted by atomic mass is 9.86. The molecule has 1 N–H and O–H groups in total. The first-order valence-corrected chi connectivity index (χ1v) is 7.09. The molecule has 1 aliphatic carbocycles. The molecule has 4 heteroatoms. The Balaban J connectivity index is 2.07. The van der Waals surface area contributed by atoms with Crippen LogP contribution in [0.1, 0.15) is 43.0 Å². The number of carbonyl (C=O) groups excluding carboxylic acids is 1. The van der Waals surface area contributed by atoms with E-state index in [1.165, 1.54) is 19.3 Å². The van der Waals surface area contributed by atoms with E-state index in [0.717, 1.165) is 6.42 Å². The molecule has 18 heavy (non-hydrogen) atoms. The third kappa shape index (κ3) is 3.18. The third-order valence-electron chi connectivity index (χ3n) is 3.60. The molecule has 0 heterocycles. The standard InChI is InChI=1S/C14H17Cl2NO/c1-9-4-2-3-5-13(9)17-14(18)11-7-6-10(15)8-12(11)16/h6-9,13H,2-5H2,1H3,(H,17,18). The van der Waals surface area contributed by atoms with Gasteiger partial charge in [0.05, 0.1) is 10.6 Å². The van der Waals surface area contributed by atoms with Crippen molar-refractivity contribution in [3.05, 3.63) is 33.8 Å². The van der Waals surface area contributed by atoms with Crippen LogP contribution in [0.5, 0.6) is 0 Å². The Kier molecular flexibility index (Phi) is 4.52. The van der Waals surface area contributed by atoms with E-state index in [1.807, 2.05) is 0 Å². The predicted molar refractivity (Wildman–Crippen MR) is 75.3 cm³/mol. The Morgan fingerprint density at radius 2 is 2.00 bits per heavy atom. The van der Waals surface area contributed by atoms with E-state index >= 15 is 0 Å². The van der Waals surface area contributed by atoms with Crippen molar-refractivity contribution in [2.24, 2.45) is 5.92 Å². The minimum Gasteiger partial charge on any atom is -0.349 e. The summed E-state index contributed by atoms with van der Waals surface area (Å²) in [6.45, 7) is 2.19. The molecule has 2 nitrogen and oxygen atoms in total. The van der Waals surface area contributed by atoms with Gasteiger partial charge in [0, 0.05) is 11.1 Å². The van der Waals surface area contributed by atoms with E-state index in [9.17, 15) is 4.79 Å². The SMILES string of the molecule is CC1CCCCC1NC(=O)c1ccc(Cl)cc1Cl. The maximum absolute atomic E-state index is 12.2. The second-order valence-corrected chi connectivity index (χ2v) is 5.81. The van der Waals surface area contributed by atoms with Gasteiger partial charge in [-0.2, -0.15) is 0 Å². The van der Waals surface area contributed by atoms with Gasteiger partial charge in [-0.05, 0) is 37.0 Å². The van der Waals surface area contributed by atoms with Crippen LogP contribution in [-0.2, 0) is 0 Å². The molecule has 1 aromatic carbocycles. The lowest BCUT2D eigenvalue weighted by Crippen LogP contribution is -2.41. The van der Waals surface area contributed by atoms with Gasteiger partial charge in [0.1, 0.15) is 0 Å². The number of halogens is 2. The van der Waals surface area contributed by atoms with Crippen LogP contribution in [0.25, 0.3) is 0 Å². The molecule has 0 radical (unpaired) electrons. The molecule has 0 spiro atoms. The number of rotatable bonds is 2. The maximum Gasteiger partial charge on any atom is 0.253 e. The minimum absolute atomic E-state index is 0.101. The first-order valence-electron chi connectivity index (χ1n) is 6.34. The molecule has 0 saturated heterocycles. The third-order valence-corrected chi connectivity index (χ3v) is 4.15. The van der Waals surface area contributed by atoms with Crippen molar-refractivity contribution < 1.29 is 4.79 Å². The van der Waals surface area contributed by atoms with Crippen molar-refractivity contribution in [1.29, 1.82) is 0 Å². The van der Waals surface area contributed by atoms with Gasteiger partial charge < -0.3 is 5.32 Å². The number of nitrogens with one attached hydrogen (secondary N) is 1. The lowest BCUT2D eigenvalue weighted by Gasteiger charge is -2.29. The summed E-state index contributed by atoms with van der Waals surface area (Å²) < 4.78 is 0. The monoisotopic (exact) mass is 285 g/mol. The highest BCUT2D eigenvalue weighted by Gasteiger charge is 2.23. The lowest BCUT2D eigenvalue weighted by molar-refractivity contribution is 0.0910. The average molecular weight is 286 g/mol. The van der Waals surface area contributed by atoms with Gasteiger partial charge in [-0.15, -0.1) is 0 Å². The molecule has 1 aromatic rings. The fraction of sp³-hybridized carbons (Fsp3) is 0.500. The van der Waals surface area contributed by atoms with Crippen LogP contribution in [0.4, 0.5) is 0 Å². The van der Waals surface area contributed by atoms with Crippen LogP contribution < -0.4 is 5.32 Å². The van der Waals surface area contributed by atoms with Crippen molar-refractivity contribution in [2.75, 3.05) is 0 Å². The number of hydrogen-bond donors (Lipinski definition) is 1. The van der Waals surface area contributed by atoms with Crippen LogP contribution in [0.2, 0.25) is 10.0 Å². The summed E-state index contributed by atoms with van der Waals surface area (Å²) in [6.07, 6.45) is 4.68. The Morgan fingerprint density at radius 3 is 2.67 bits per heavy atom. The fourth-order valence-electron chi connectivity index (χ4n) is 2.45. The van der Waals surface area contributed by atoms with Gasteiger partial charge in [-0.3, -0.25) is 4.79 Å². The topological polar surface area (TPSA) is 29.1 Å². The Morgan fingerprint density at radius 1 is 1.28 bits per heavy atom. The van der Waals surface area contributed by atoms with Crippen LogP contribution in [-0.4, -0.2) is 11.9 Å². The molecule has 0 aliphatic heterocycles. The Labute approximate surface area is 118 Å². The summed E-state index contributed by atoms with van der Waals surface area (Å²) >= 11 is 11.9. The highest BCUT2D eigenvalue weighted by atomic mass is 35.5. The molecule has 98 valence electrons. The van der Waals surface area contributed by atoms with Crippen LogP contribution in [0, 0.1) is 5.92 Å². The van der Waals surface area contributed by atoms with Gasteiger partial charge in [-0.25, -0.2) is 0 Å². The van der Waals surface area contributed by atoms with Crippen molar-refractivity contribution in [3.8, 4) is 0 Å². The molecule has 1 fully saturated rings. The zero-order chi connectivity index (χ0) is 13.1. The second-order valence-electron chi connectivity index (χ2n) is 4.97. The molecule has 2 rings (SSSR count). The first-order chi connectivity index (χ1) is 8.58. The molecule has 1 aliphatic rings. The van der Waals surface area contributed by atoms with Crippen LogP contribution in [0.3, 0.4) is 0 Å². The molecule has 1 amide bonds. The van der Waals surface area contributed by atoms with Gasteiger partial charge in [-0.1, -0.05) is 43.0 Å². The Hall–Kier alpha value is -0.730. The van der Waals surface area contributed by atoms with Crippen molar-refractivity contribution in [3.63, 3.8) is 0 Å². The highest BCUT2D eigenvalue weighted by molar-refractivity contribution is 6.36. The van der Waals surface area contributed by atoms with E-state index < -0.39 is 0 Å². The van der Waals surface area contributed by atoms with Crippen LogP contribution >= 0.6 is 23.2 Å². The smallest absolute Gasteiger partial charge is 0.253 e. The van der Waals surface area contributed by atoms with Crippen LogP contribution in [0.15, 0.2) is 18.2 Å². The normalized spacial score (nSPS) is 23.7.